The highest BCUT2D eigenvalue weighted by Crippen LogP contribution is 2.27. The molecule has 0 aliphatic carbocycles. The van der Waals surface area contributed by atoms with Gasteiger partial charge in [-0.3, -0.25) is 14.4 Å². The zero-order chi connectivity index (χ0) is 19.5. The molecule has 1 atom stereocenters. The third kappa shape index (κ3) is 4.89. The number of carbonyl (C=O) groups is 1. The zero-order valence-corrected chi connectivity index (χ0v) is 16.5. The minimum absolute atomic E-state index is 0.159. The highest BCUT2D eigenvalue weighted by Gasteiger charge is 2.30. The molecule has 1 aromatic carbocycles. The first-order valence-electron chi connectivity index (χ1n) is 7.35. The van der Waals surface area contributed by atoms with Gasteiger partial charge in [-0.05, 0) is 24.8 Å². The molecule has 12 heteroatoms. The Balaban J connectivity index is 2.26. The van der Waals surface area contributed by atoms with E-state index < -0.39 is 33.6 Å². The van der Waals surface area contributed by atoms with Crippen molar-refractivity contribution < 1.29 is 22.0 Å². The summed E-state index contributed by atoms with van der Waals surface area (Å²) in [6, 6.07) is 1.39. The van der Waals surface area contributed by atoms with E-state index in [2.05, 4.69) is 15.5 Å². The summed E-state index contributed by atoms with van der Waals surface area (Å²) < 4.78 is 52.2. The predicted octanol–water partition coefficient (Wildman–Crippen LogP) is 2.72. The van der Waals surface area contributed by atoms with Gasteiger partial charge in [0.1, 0.15) is 6.04 Å². The summed E-state index contributed by atoms with van der Waals surface area (Å²) in [5.41, 5.74) is -0.159. The van der Waals surface area contributed by atoms with Crippen LogP contribution in [0.4, 0.5) is 19.6 Å². The molecule has 0 aliphatic heterocycles. The third-order valence-corrected chi connectivity index (χ3v) is 6.25. The molecule has 0 aliphatic rings. The smallest absolute Gasteiger partial charge is 0.249 e. The Hall–Kier alpha value is -1.79. The van der Waals surface area contributed by atoms with Crippen LogP contribution in [0.25, 0.3) is 0 Å². The average Bonchev–Trinajstić information content (AvgIpc) is 2.97. The lowest BCUT2D eigenvalue weighted by Crippen LogP contribution is -2.45. The van der Waals surface area contributed by atoms with E-state index in [1.54, 1.807) is 0 Å². The Bertz CT molecular complexity index is 905. The number of nitrogens with zero attached hydrogens (tertiary/aromatic N) is 3. The van der Waals surface area contributed by atoms with Gasteiger partial charge < -0.3 is 0 Å². The molecule has 1 amide bonds. The average molecular weight is 423 g/mol. The van der Waals surface area contributed by atoms with Gasteiger partial charge in [0.15, 0.2) is 16.0 Å². The number of anilines is 2. The molecule has 2 aromatic rings. The summed E-state index contributed by atoms with van der Waals surface area (Å²) in [6.07, 6.45) is 0.874. The number of aromatic nitrogens is 2. The zero-order valence-electron chi connectivity index (χ0n) is 14.1. The van der Waals surface area contributed by atoms with Gasteiger partial charge in [-0.25, -0.2) is 17.2 Å². The van der Waals surface area contributed by atoms with Crippen LogP contribution in [-0.4, -0.2) is 42.6 Å². The Kier molecular flexibility index (Phi) is 6.53. The SMILES string of the molecule is CCSc1nnc(NC(=O)C(C)N(c2ccc(F)c(F)c2)S(C)(=O)=O)s1. The van der Waals surface area contributed by atoms with Crippen molar-refractivity contribution in [2.24, 2.45) is 0 Å². The predicted molar refractivity (Wildman–Crippen MR) is 98.1 cm³/mol. The van der Waals surface area contributed by atoms with Gasteiger partial charge in [0.25, 0.3) is 0 Å². The molecule has 26 heavy (non-hydrogen) atoms. The van der Waals surface area contributed by atoms with Crippen LogP contribution in [0, 0.1) is 11.6 Å². The molecule has 142 valence electrons. The second-order valence-corrected chi connectivity index (χ2v) is 9.48. The quantitative estimate of drug-likeness (QED) is 0.545. The lowest BCUT2D eigenvalue weighted by atomic mass is 10.2. The molecule has 1 unspecified atom stereocenters. The van der Waals surface area contributed by atoms with Crippen LogP contribution in [0.2, 0.25) is 0 Å². The number of hydrogen-bond donors (Lipinski definition) is 1. The minimum Gasteiger partial charge on any atom is -0.299 e. The summed E-state index contributed by atoms with van der Waals surface area (Å²) in [6.45, 7) is 3.28. The van der Waals surface area contributed by atoms with Crippen molar-refractivity contribution >= 4 is 49.8 Å². The maximum atomic E-state index is 13.5. The molecule has 0 fully saturated rings. The van der Waals surface area contributed by atoms with Gasteiger partial charge in [-0.15, -0.1) is 10.2 Å². The Morgan fingerprint density at radius 1 is 1.35 bits per heavy atom. The van der Waals surface area contributed by atoms with E-state index in [1.807, 2.05) is 6.92 Å². The molecule has 2 rings (SSSR count). The monoisotopic (exact) mass is 422 g/mol. The lowest BCUT2D eigenvalue weighted by Gasteiger charge is -2.27. The number of halogens is 2. The van der Waals surface area contributed by atoms with Crippen LogP contribution in [0.15, 0.2) is 22.5 Å². The maximum absolute atomic E-state index is 13.5. The first-order chi connectivity index (χ1) is 12.1. The lowest BCUT2D eigenvalue weighted by molar-refractivity contribution is -0.116. The van der Waals surface area contributed by atoms with Gasteiger partial charge in [0.05, 0.1) is 11.9 Å². The normalized spacial score (nSPS) is 12.7. The van der Waals surface area contributed by atoms with Gasteiger partial charge in [-0.2, -0.15) is 0 Å². The molecule has 0 saturated heterocycles. The molecule has 0 bridgehead atoms. The highest BCUT2D eigenvalue weighted by atomic mass is 32.2. The number of carbonyl (C=O) groups excluding carboxylic acids is 1. The van der Waals surface area contributed by atoms with Crippen molar-refractivity contribution in [3.8, 4) is 0 Å². The fourth-order valence-electron chi connectivity index (χ4n) is 2.08. The first kappa shape index (κ1) is 20.5. The van der Waals surface area contributed by atoms with Gasteiger partial charge in [-0.1, -0.05) is 30.0 Å². The van der Waals surface area contributed by atoms with Gasteiger partial charge in [0, 0.05) is 6.07 Å². The number of sulfonamides is 1. The number of nitrogens with one attached hydrogen (secondary N) is 1. The highest BCUT2D eigenvalue weighted by molar-refractivity contribution is 8.01. The van der Waals surface area contributed by atoms with Crippen molar-refractivity contribution in [1.82, 2.24) is 10.2 Å². The standard InChI is InChI=1S/C14H16F2N4O3S3/c1-4-24-14-19-18-13(25-14)17-12(21)8(2)20(26(3,22)23)9-5-6-10(15)11(16)7-9/h5-8H,4H2,1-3H3,(H,17,18,21). The molecular weight excluding hydrogens is 406 g/mol. The number of hydrogen-bond acceptors (Lipinski definition) is 7. The van der Waals surface area contributed by atoms with Gasteiger partial charge in [0.2, 0.25) is 21.1 Å². The topological polar surface area (TPSA) is 92.3 Å². The third-order valence-electron chi connectivity index (χ3n) is 3.15. The van der Waals surface area contributed by atoms with E-state index in [0.717, 1.165) is 41.5 Å². The van der Waals surface area contributed by atoms with Crippen molar-refractivity contribution in [2.75, 3.05) is 21.6 Å². The summed E-state index contributed by atoms with van der Waals surface area (Å²) in [7, 11) is -3.94. The summed E-state index contributed by atoms with van der Waals surface area (Å²) >= 11 is 2.61. The Labute approximate surface area is 157 Å². The molecule has 1 aromatic heterocycles. The van der Waals surface area contributed by atoms with Crippen LogP contribution in [0.1, 0.15) is 13.8 Å². The fraction of sp³-hybridized carbons (Fsp3) is 0.357. The van der Waals surface area contributed by atoms with Crippen LogP contribution >= 0.6 is 23.1 Å². The fourth-order valence-corrected chi connectivity index (χ4v) is 4.90. The first-order valence-corrected chi connectivity index (χ1v) is 11.0. The van der Waals surface area contributed by atoms with E-state index >= 15 is 0 Å². The van der Waals surface area contributed by atoms with Crippen LogP contribution in [0.3, 0.4) is 0 Å². The van der Waals surface area contributed by atoms with E-state index in [4.69, 9.17) is 0 Å². The number of amides is 1. The Morgan fingerprint density at radius 3 is 2.62 bits per heavy atom. The van der Waals surface area contributed by atoms with Crippen molar-refractivity contribution in [3.63, 3.8) is 0 Å². The molecule has 0 radical (unpaired) electrons. The van der Waals surface area contributed by atoms with Crippen LogP contribution in [0.5, 0.6) is 0 Å². The Morgan fingerprint density at radius 2 is 2.04 bits per heavy atom. The largest absolute Gasteiger partial charge is 0.299 e. The molecule has 0 spiro atoms. The number of thioether (sulfide) groups is 1. The second kappa shape index (κ2) is 8.27. The van der Waals surface area contributed by atoms with Crippen LogP contribution in [-0.2, 0) is 14.8 Å². The molecule has 7 nitrogen and oxygen atoms in total. The number of benzene rings is 1. The second-order valence-electron chi connectivity index (χ2n) is 5.13. The molecular formula is C14H16F2N4O3S3. The van der Waals surface area contributed by atoms with Gasteiger partial charge >= 0.3 is 0 Å². The van der Waals surface area contributed by atoms with Crippen molar-refractivity contribution in [2.45, 2.75) is 24.2 Å². The van der Waals surface area contributed by atoms with E-state index in [-0.39, 0.29) is 10.8 Å². The maximum Gasteiger partial charge on any atom is 0.249 e. The summed E-state index contributed by atoms with van der Waals surface area (Å²) in [4.78, 5) is 12.4. The minimum atomic E-state index is -3.94. The van der Waals surface area contributed by atoms with Crippen LogP contribution < -0.4 is 9.62 Å². The van der Waals surface area contributed by atoms with Crippen molar-refractivity contribution in [3.05, 3.63) is 29.8 Å². The molecule has 0 saturated carbocycles. The molecule has 1 heterocycles. The summed E-state index contributed by atoms with van der Waals surface area (Å²) in [5, 5.41) is 10.4. The van der Waals surface area contributed by atoms with E-state index in [9.17, 15) is 22.0 Å². The van der Waals surface area contributed by atoms with E-state index in [1.165, 1.54) is 18.7 Å². The summed E-state index contributed by atoms with van der Waals surface area (Å²) in [5.74, 6) is -2.22. The van der Waals surface area contributed by atoms with E-state index in [0.29, 0.717) is 8.64 Å². The number of rotatable bonds is 7. The van der Waals surface area contributed by atoms with Crippen molar-refractivity contribution in [1.29, 1.82) is 0 Å². The molecule has 1 N–H and O–H groups in total.